The lowest BCUT2D eigenvalue weighted by Gasteiger charge is -2.27. The van der Waals surface area contributed by atoms with Crippen molar-refractivity contribution < 1.29 is 28.9 Å². The van der Waals surface area contributed by atoms with Crippen LogP contribution in [0.25, 0.3) is 5.76 Å². The topological polar surface area (TPSA) is 85.3 Å². The minimum atomic E-state index is -0.886. The predicted molar refractivity (Wildman–Crippen MR) is 152 cm³/mol. The van der Waals surface area contributed by atoms with Gasteiger partial charge in [0.1, 0.15) is 11.5 Å². The molecule has 1 amide bonds. The molecule has 39 heavy (non-hydrogen) atoms. The Morgan fingerprint density at radius 2 is 1.64 bits per heavy atom. The zero-order chi connectivity index (χ0) is 28.4. The van der Waals surface area contributed by atoms with E-state index >= 15 is 0 Å². The molecule has 7 heteroatoms. The summed E-state index contributed by atoms with van der Waals surface area (Å²) in [6.07, 6.45) is -0.0131. The van der Waals surface area contributed by atoms with E-state index in [9.17, 15) is 14.7 Å². The van der Waals surface area contributed by atoms with E-state index in [1.165, 1.54) is 4.90 Å². The molecule has 0 spiro atoms. The van der Waals surface area contributed by atoms with Gasteiger partial charge in [-0.1, -0.05) is 23.8 Å². The van der Waals surface area contributed by atoms with E-state index in [1.54, 1.807) is 43.5 Å². The number of aryl methyl sites for hydroxylation is 3. The van der Waals surface area contributed by atoms with Crippen molar-refractivity contribution in [2.75, 3.05) is 18.6 Å². The van der Waals surface area contributed by atoms with Crippen molar-refractivity contribution in [2.24, 2.45) is 0 Å². The highest BCUT2D eigenvalue weighted by molar-refractivity contribution is 6.51. The average molecular weight is 530 g/mol. The summed E-state index contributed by atoms with van der Waals surface area (Å²) in [4.78, 5) is 28.7. The maximum absolute atomic E-state index is 13.6. The molecule has 4 rings (SSSR count). The van der Waals surface area contributed by atoms with Gasteiger partial charge in [-0.25, -0.2) is 0 Å². The van der Waals surface area contributed by atoms with Gasteiger partial charge in [-0.2, -0.15) is 0 Å². The van der Waals surface area contributed by atoms with E-state index in [0.29, 0.717) is 40.7 Å². The number of hydrogen-bond acceptors (Lipinski definition) is 6. The second-order valence-corrected chi connectivity index (χ2v) is 9.95. The second kappa shape index (κ2) is 11.2. The number of ether oxygens (including phenoxy) is 3. The van der Waals surface area contributed by atoms with Crippen LogP contribution in [0.2, 0.25) is 0 Å². The molecule has 3 aromatic rings. The zero-order valence-electron chi connectivity index (χ0n) is 23.5. The van der Waals surface area contributed by atoms with Gasteiger partial charge in [-0.15, -0.1) is 0 Å². The maximum atomic E-state index is 13.6. The highest BCUT2D eigenvalue weighted by atomic mass is 16.5. The number of ketones is 1. The number of nitrogens with zero attached hydrogens (tertiary/aromatic N) is 1. The van der Waals surface area contributed by atoms with Crippen molar-refractivity contribution in [1.29, 1.82) is 0 Å². The molecule has 3 aromatic carbocycles. The van der Waals surface area contributed by atoms with Crippen LogP contribution in [0.4, 0.5) is 5.69 Å². The van der Waals surface area contributed by atoms with Gasteiger partial charge in [0.2, 0.25) is 0 Å². The molecule has 1 N–H and O–H groups in total. The summed E-state index contributed by atoms with van der Waals surface area (Å²) in [5, 5.41) is 11.6. The van der Waals surface area contributed by atoms with Gasteiger partial charge in [0.15, 0.2) is 11.5 Å². The third-order valence-corrected chi connectivity index (χ3v) is 6.67. The summed E-state index contributed by atoms with van der Waals surface area (Å²) in [5.41, 5.74) is 4.30. The van der Waals surface area contributed by atoms with Crippen molar-refractivity contribution >= 4 is 23.1 Å². The van der Waals surface area contributed by atoms with Gasteiger partial charge in [-0.3, -0.25) is 14.5 Å². The Morgan fingerprint density at radius 3 is 2.26 bits per heavy atom. The van der Waals surface area contributed by atoms with Gasteiger partial charge in [-0.05, 0) is 94.6 Å². The number of anilines is 1. The van der Waals surface area contributed by atoms with Crippen LogP contribution in [0, 0.1) is 20.8 Å². The van der Waals surface area contributed by atoms with E-state index < -0.39 is 17.7 Å². The maximum Gasteiger partial charge on any atom is 0.300 e. The number of hydrogen-bond donors (Lipinski definition) is 1. The summed E-state index contributed by atoms with van der Waals surface area (Å²) in [7, 11) is 1.55. The Morgan fingerprint density at radius 1 is 0.923 bits per heavy atom. The first-order valence-electron chi connectivity index (χ1n) is 13.0. The molecule has 0 saturated carbocycles. The molecule has 7 nitrogen and oxygen atoms in total. The van der Waals surface area contributed by atoms with E-state index in [-0.39, 0.29) is 17.4 Å². The number of methoxy groups -OCH3 is 1. The Labute approximate surface area is 229 Å². The van der Waals surface area contributed by atoms with Crippen LogP contribution in [0.15, 0.2) is 60.2 Å². The number of carbonyl (C=O) groups is 2. The predicted octanol–water partition coefficient (Wildman–Crippen LogP) is 6.43. The van der Waals surface area contributed by atoms with E-state index in [2.05, 4.69) is 0 Å². The second-order valence-electron chi connectivity index (χ2n) is 9.95. The molecule has 0 radical (unpaired) electrons. The van der Waals surface area contributed by atoms with Gasteiger partial charge >= 0.3 is 0 Å². The number of benzene rings is 3. The Bertz CT molecular complexity index is 1460. The number of amides is 1. The highest BCUT2D eigenvalue weighted by Crippen LogP contribution is 2.45. The molecule has 0 aliphatic carbocycles. The van der Waals surface area contributed by atoms with E-state index in [1.807, 2.05) is 59.7 Å². The van der Waals surface area contributed by atoms with Crippen LogP contribution >= 0.6 is 0 Å². The minimum Gasteiger partial charge on any atom is -0.507 e. The summed E-state index contributed by atoms with van der Waals surface area (Å²) in [6.45, 7) is 11.9. The molecule has 0 bridgehead atoms. The van der Waals surface area contributed by atoms with Crippen LogP contribution in [0.1, 0.15) is 54.6 Å². The molecule has 1 aliphatic heterocycles. The van der Waals surface area contributed by atoms with Crippen LogP contribution in [-0.2, 0) is 9.59 Å². The van der Waals surface area contributed by atoms with E-state index in [0.717, 1.165) is 16.7 Å². The van der Waals surface area contributed by atoms with Crippen molar-refractivity contribution in [3.8, 4) is 17.2 Å². The number of carbonyl (C=O) groups excluding carboxylic acids is 2. The fraction of sp³-hybridized carbons (Fsp3) is 0.312. The minimum absolute atomic E-state index is 0.00418. The number of rotatable bonds is 8. The summed E-state index contributed by atoms with van der Waals surface area (Å²) in [6, 6.07) is 15.3. The molecule has 1 heterocycles. The standard InChI is InChI=1S/C32H35NO6/c1-8-38-27-17-22(10-14-26(27)37-7)29-28(30(34)23-11-13-25(21(6)16-23)39-18(2)3)31(35)32(36)33(29)24-12-9-19(4)15-20(24)5/h9-18,29,34H,8H2,1-7H3/b30-28+. The first-order chi connectivity index (χ1) is 18.6. The Kier molecular flexibility index (Phi) is 8.00. The first kappa shape index (κ1) is 27.8. The lowest BCUT2D eigenvalue weighted by Crippen LogP contribution is -2.30. The highest BCUT2D eigenvalue weighted by Gasteiger charge is 2.47. The lowest BCUT2D eigenvalue weighted by molar-refractivity contribution is -0.132. The largest absolute Gasteiger partial charge is 0.507 e. The van der Waals surface area contributed by atoms with Gasteiger partial charge in [0.25, 0.3) is 11.7 Å². The van der Waals surface area contributed by atoms with Crippen molar-refractivity contribution in [3.63, 3.8) is 0 Å². The van der Waals surface area contributed by atoms with Crippen LogP contribution < -0.4 is 19.1 Å². The fourth-order valence-electron chi connectivity index (χ4n) is 4.94. The van der Waals surface area contributed by atoms with Gasteiger partial charge in [0.05, 0.1) is 31.4 Å². The quantitative estimate of drug-likeness (QED) is 0.206. The molecular formula is C32H35NO6. The van der Waals surface area contributed by atoms with Crippen LogP contribution in [0.5, 0.6) is 17.2 Å². The van der Waals surface area contributed by atoms with Gasteiger partial charge in [0, 0.05) is 11.3 Å². The lowest BCUT2D eigenvalue weighted by atomic mass is 9.94. The fourth-order valence-corrected chi connectivity index (χ4v) is 4.94. The number of Topliss-reactive ketones (excluding diaryl/α,β-unsaturated/α-hetero) is 1. The monoisotopic (exact) mass is 529 g/mol. The van der Waals surface area contributed by atoms with Gasteiger partial charge < -0.3 is 19.3 Å². The van der Waals surface area contributed by atoms with Crippen molar-refractivity contribution in [2.45, 2.75) is 53.7 Å². The molecule has 1 unspecified atom stereocenters. The van der Waals surface area contributed by atoms with Crippen molar-refractivity contribution in [3.05, 3.63) is 88.0 Å². The number of aliphatic hydroxyl groups is 1. The third kappa shape index (κ3) is 5.35. The van der Waals surface area contributed by atoms with E-state index in [4.69, 9.17) is 14.2 Å². The summed E-state index contributed by atoms with van der Waals surface area (Å²) in [5.74, 6) is -0.0238. The summed E-state index contributed by atoms with van der Waals surface area (Å²) < 4.78 is 17.1. The molecular weight excluding hydrogens is 494 g/mol. The molecule has 204 valence electrons. The molecule has 1 fully saturated rings. The van der Waals surface area contributed by atoms with Crippen LogP contribution in [-0.4, -0.2) is 36.6 Å². The number of aliphatic hydroxyl groups excluding tert-OH is 1. The Hall–Kier alpha value is -4.26. The smallest absolute Gasteiger partial charge is 0.300 e. The zero-order valence-corrected chi connectivity index (χ0v) is 23.5. The summed E-state index contributed by atoms with van der Waals surface area (Å²) >= 11 is 0. The first-order valence-corrected chi connectivity index (χ1v) is 13.0. The normalized spacial score (nSPS) is 16.6. The molecule has 1 atom stereocenters. The Balaban J connectivity index is 1.95. The molecule has 1 saturated heterocycles. The van der Waals surface area contributed by atoms with Crippen molar-refractivity contribution in [1.82, 2.24) is 0 Å². The van der Waals surface area contributed by atoms with Crippen LogP contribution in [0.3, 0.4) is 0 Å². The third-order valence-electron chi connectivity index (χ3n) is 6.67. The molecule has 1 aliphatic rings. The molecule has 0 aromatic heterocycles. The SMILES string of the molecule is CCOc1cc(C2/C(=C(\O)c3ccc(OC(C)C)c(C)c3)C(=O)C(=O)N2c2ccc(C)cc2C)ccc1OC. The average Bonchev–Trinajstić information content (AvgIpc) is 3.15.